The molecule has 0 aromatic heterocycles. The van der Waals surface area contributed by atoms with Crippen LogP contribution in [0.4, 0.5) is 4.79 Å². The van der Waals surface area contributed by atoms with E-state index >= 15 is 0 Å². The summed E-state index contributed by atoms with van der Waals surface area (Å²) in [6.07, 6.45) is 2.30. The number of hydrogen-bond acceptors (Lipinski definition) is 2. The fourth-order valence-electron chi connectivity index (χ4n) is 2.50. The van der Waals surface area contributed by atoms with Crippen molar-refractivity contribution in [1.29, 1.82) is 0 Å². The predicted molar refractivity (Wildman–Crippen MR) is 74.6 cm³/mol. The number of aliphatic hydroxyl groups is 1. The minimum Gasteiger partial charge on any atom is -0.392 e. The van der Waals surface area contributed by atoms with E-state index < -0.39 is 0 Å². The SMILES string of the molecule is CC1CCCN(C(=O)NCc2cccc(CO)c2)C1. The van der Waals surface area contributed by atoms with Crippen LogP contribution in [-0.4, -0.2) is 29.1 Å². The number of rotatable bonds is 3. The fourth-order valence-corrected chi connectivity index (χ4v) is 2.50. The van der Waals surface area contributed by atoms with E-state index in [1.165, 1.54) is 6.42 Å². The highest BCUT2D eigenvalue weighted by Crippen LogP contribution is 2.15. The quantitative estimate of drug-likeness (QED) is 0.876. The third-order valence-electron chi connectivity index (χ3n) is 3.56. The van der Waals surface area contributed by atoms with E-state index in [4.69, 9.17) is 5.11 Å². The molecule has 1 aliphatic heterocycles. The maximum absolute atomic E-state index is 12.0. The lowest BCUT2D eigenvalue weighted by Gasteiger charge is -2.30. The second-order valence-electron chi connectivity index (χ2n) is 5.33. The van der Waals surface area contributed by atoms with E-state index in [9.17, 15) is 4.79 Å². The van der Waals surface area contributed by atoms with Gasteiger partial charge >= 0.3 is 6.03 Å². The van der Waals surface area contributed by atoms with Crippen LogP contribution in [0.15, 0.2) is 24.3 Å². The summed E-state index contributed by atoms with van der Waals surface area (Å²) < 4.78 is 0. The first-order valence-electron chi connectivity index (χ1n) is 6.90. The second kappa shape index (κ2) is 6.57. The van der Waals surface area contributed by atoms with Crippen LogP contribution in [0.3, 0.4) is 0 Å². The van der Waals surface area contributed by atoms with Gasteiger partial charge in [0, 0.05) is 19.6 Å². The molecule has 1 fully saturated rings. The smallest absolute Gasteiger partial charge is 0.317 e. The second-order valence-corrected chi connectivity index (χ2v) is 5.33. The third kappa shape index (κ3) is 3.96. The van der Waals surface area contributed by atoms with Crippen molar-refractivity contribution in [1.82, 2.24) is 10.2 Å². The van der Waals surface area contributed by atoms with E-state index in [-0.39, 0.29) is 12.6 Å². The van der Waals surface area contributed by atoms with Gasteiger partial charge in [0.15, 0.2) is 0 Å². The number of likely N-dealkylation sites (tertiary alicyclic amines) is 1. The number of nitrogens with zero attached hydrogens (tertiary/aromatic N) is 1. The first-order chi connectivity index (χ1) is 9.19. The summed E-state index contributed by atoms with van der Waals surface area (Å²) in [5.74, 6) is 0.595. The average Bonchev–Trinajstić information content (AvgIpc) is 2.45. The number of carbonyl (C=O) groups excluding carboxylic acids is 1. The number of carbonyl (C=O) groups is 1. The molecular weight excluding hydrogens is 240 g/mol. The van der Waals surface area contributed by atoms with Crippen LogP contribution in [-0.2, 0) is 13.2 Å². The van der Waals surface area contributed by atoms with Gasteiger partial charge in [0.1, 0.15) is 0 Å². The van der Waals surface area contributed by atoms with Crippen molar-refractivity contribution in [3.8, 4) is 0 Å². The van der Waals surface area contributed by atoms with Crippen LogP contribution < -0.4 is 5.32 Å². The molecule has 1 aliphatic rings. The maximum atomic E-state index is 12.0. The lowest BCUT2D eigenvalue weighted by molar-refractivity contribution is 0.169. The molecule has 1 aromatic carbocycles. The zero-order chi connectivity index (χ0) is 13.7. The van der Waals surface area contributed by atoms with Crippen molar-refractivity contribution in [2.75, 3.05) is 13.1 Å². The number of aliphatic hydroxyl groups excluding tert-OH is 1. The number of amides is 2. The standard InChI is InChI=1S/C15H22N2O2/c1-12-4-3-7-17(10-12)15(19)16-9-13-5-2-6-14(8-13)11-18/h2,5-6,8,12,18H,3-4,7,9-11H2,1H3,(H,16,19). The first kappa shape index (κ1) is 13.9. The summed E-state index contributed by atoms with van der Waals surface area (Å²) in [5.41, 5.74) is 1.89. The van der Waals surface area contributed by atoms with Crippen LogP contribution in [0.2, 0.25) is 0 Å². The molecule has 1 unspecified atom stereocenters. The molecule has 1 atom stereocenters. The Hall–Kier alpha value is -1.55. The van der Waals surface area contributed by atoms with Gasteiger partial charge in [-0.25, -0.2) is 4.79 Å². The zero-order valence-electron chi connectivity index (χ0n) is 11.4. The summed E-state index contributed by atoms with van der Waals surface area (Å²) in [4.78, 5) is 13.9. The Kier molecular flexibility index (Phi) is 4.80. The van der Waals surface area contributed by atoms with E-state index in [0.717, 1.165) is 30.6 Å². The first-order valence-corrected chi connectivity index (χ1v) is 6.90. The Labute approximate surface area is 114 Å². The van der Waals surface area contributed by atoms with Crippen LogP contribution in [0, 0.1) is 5.92 Å². The Balaban J connectivity index is 1.85. The van der Waals surface area contributed by atoms with Gasteiger partial charge in [0.05, 0.1) is 6.61 Å². The van der Waals surface area contributed by atoms with Gasteiger partial charge < -0.3 is 15.3 Å². The minimum absolute atomic E-state index is 0.0148. The molecule has 2 N–H and O–H groups in total. The van der Waals surface area contributed by atoms with Gasteiger partial charge in [-0.2, -0.15) is 0 Å². The third-order valence-corrected chi connectivity index (χ3v) is 3.56. The van der Waals surface area contributed by atoms with Gasteiger partial charge in [-0.3, -0.25) is 0 Å². The lowest BCUT2D eigenvalue weighted by atomic mass is 10.0. The molecule has 4 heteroatoms. The molecular formula is C15H22N2O2. The van der Waals surface area contributed by atoms with Crippen molar-refractivity contribution in [2.24, 2.45) is 5.92 Å². The summed E-state index contributed by atoms with van der Waals surface area (Å²) >= 11 is 0. The topological polar surface area (TPSA) is 52.6 Å². The van der Waals surface area contributed by atoms with Crippen molar-refractivity contribution in [2.45, 2.75) is 32.9 Å². The zero-order valence-corrected chi connectivity index (χ0v) is 11.4. The normalized spacial score (nSPS) is 19.3. The molecule has 104 valence electrons. The van der Waals surface area contributed by atoms with Gasteiger partial charge in [-0.05, 0) is 29.9 Å². The van der Waals surface area contributed by atoms with Gasteiger partial charge in [-0.1, -0.05) is 31.2 Å². The molecule has 1 heterocycles. The summed E-state index contributed by atoms with van der Waals surface area (Å²) in [5, 5.41) is 12.0. The van der Waals surface area contributed by atoms with Gasteiger partial charge in [0.2, 0.25) is 0 Å². The summed E-state index contributed by atoms with van der Waals surface area (Å²) in [7, 11) is 0. The van der Waals surface area contributed by atoms with Crippen LogP contribution in [0.25, 0.3) is 0 Å². The number of benzene rings is 1. The molecule has 0 radical (unpaired) electrons. The largest absolute Gasteiger partial charge is 0.392 e. The Bertz CT molecular complexity index is 434. The number of hydrogen-bond donors (Lipinski definition) is 2. The van der Waals surface area contributed by atoms with Crippen molar-refractivity contribution < 1.29 is 9.90 Å². The van der Waals surface area contributed by atoms with E-state index in [1.54, 1.807) is 0 Å². The Morgan fingerprint density at radius 1 is 1.47 bits per heavy atom. The predicted octanol–water partition coefficient (Wildman–Crippen LogP) is 2.12. The highest BCUT2D eigenvalue weighted by molar-refractivity contribution is 5.74. The molecule has 2 amide bonds. The van der Waals surface area contributed by atoms with E-state index in [1.807, 2.05) is 29.2 Å². The van der Waals surface area contributed by atoms with E-state index in [0.29, 0.717) is 12.5 Å². The van der Waals surface area contributed by atoms with Crippen molar-refractivity contribution >= 4 is 6.03 Å². The van der Waals surface area contributed by atoms with Crippen LogP contribution in [0.5, 0.6) is 0 Å². The summed E-state index contributed by atoms with van der Waals surface area (Å²) in [6.45, 7) is 4.43. The Morgan fingerprint density at radius 3 is 3.00 bits per heavy atom. The highest BCUT2D eigenvalue weighted by Gasteiger charge is 2.20. The molecule has 0 aliphatic carbocycles. The maximum Gasteiger partial charge on any atom is 0.317 e. The molecule has 19 heavy (non-hydrogen) atoms. The van der Waals surface area contributed by atoms with Crippen LogP contribution >= 0.6 is 0 Å². The lowest BCUT2D eigenvalue weighted by Crippen LogP contribution is -2.44. The summed E-state index contributed by atoms with van der Waals surface area (Å²) in [6, 6.07) is 7.66. The molecule has 4 nitrogen and oxygen atoms in total. The average molecular weight is 262 g/mol. The molecule has 1 aromatic rings. The fraction of sp³-hybridized carbons (Fsp3) is 0.533. The Morgan fingerprint density at radius 2 is 2.26 bits per heavy atom. The van der Waals surface area contributed by atoms with Gasteiger partial charge in [-0.15, -0.1) is 0 Å². The monoisotopic (exact) mass is 262 g/mol. The van der Waals surface area contributed by atoms with Crippen molar-refractivity contribution in [3.05, 3.63) is 35.4 Å². The van der Waals surface area contributed by atoms with Gasteiger partial charge in [0.25, 0.3) is 0 Å². The molecule has 1 saturated heterocycles. The number of urea groups is 1. The van der Waals surface area contributed by atoms with Crippen LogP contribution in [0.1, 0.15) is 30.9 Å². The number of nitrogens with one attached hydrogen (secondary N) is 1. The molecule has 2 rings (SSSR count). The van der Waals surface area contributed by atoms with E-state index in [2.05, 4.69) is 12.2 Å². The van der Waals surface area contributed by atoms with Crippen molar-refractivity contribution in [3.63, 3.8) is 0 Å². The molecule has 0 spiro atoms. The highest BCUT2D eigenvalue weighted by atomic mass is 16.3. The minimum atomic E-state index is 0.0148. The molecule has 0 saturated carbocycles. The number of piperidine rings is 1. The molecule has 0 bridgehead atoms.